The van der Waals surface area contributed by atoms with Crippen LogP contribution in [-0.2, 0) is 11.3 Å². The quantitative estimate of drug-likeness (QED) is 0.937. The van der Waals surface area contributed by atoms with Crippen LogP contribution in [-0.4, -0.2) is 21.0 Å². The predicted octanol–water partition coefficient (Wildman–Crippen LogP) is 2.40. The molecule has 5 nitrogen and oxygen atoms in total. The molecule has 110 valence electrons. The molecule has 0 bridgehead atoms. The van der Waals surface area contributed by atoms with Crippen molar-refractivity contribution in [1.29, 1.82) is 5.26 Å². The van der Waals surface area contributed by atoms with E-state index in [4.69, 9.17) is 0 Å². The van der Waals surface area contributed by atoms with E-state index in [1.807, 2.05) is 49.6 Å². The molecule has 5 heteroatoms. The van der Waals surface area contributed by atoms with Gasteiger partial charge in [0.1, 0.15) is 17.9 Å². The normalized spacial score (nSPS) is 13.9. The van der Waals surface area contributed by atoms with Gasteiger partial charge in [-0.05, 0) is 31.9 Å². The van der Waals surface area contributed by atoms with E-state index in [1.54, 1.807) is 6.92 Å². The van der Waals surface area contributed by atoms with Crippen molar-refractivity contribution >= 4 is 16.9 Å². The third-order valence-corrected chi connectivity index (χ3v) is 3.93. The van der Waals surface area contributed by atoms with Crippen molar-refractivity contribution in [3.63, 3.8) is 0 Å². The monoisotopic (exact) mass is 284 g/mol. The van der Waals surface area contributed by atoms with Crippen molar-refractivity contribution in [3.05, 3.63) is 30.1 Å². The van der Waals surface area contributed by atoms with E-state index in [2.05, 4.69) is 16.4 Å². The molecular weight excluding hydrogens is 264 g/mol. The summed E-state index contributed by atoms with van der Waals surface area (Å²) >= 11 is 0. The number of hydrogen-bond acceptors (Lipinski definition) is 3. The average molecular weight is 284 g/mol. The van der Waals surface area contributed by atoms with Crippen molar-refractivity contribution in [3.8, 4) is 6.07 Å². The fraction of sp³-hybridized carbons (Fsp3) is 0.438. The Kier molecular flexibility index (Phi) is 3.99. The first kappa shape index (κ1) is 15.0. The molecular formula is C16H20N4O. The van der Waals surface area contributed by atoms with Gasteiger partial charge in [0.05, 0.1) is 17.1 Å². The fourth-order valence-corrected chi connectivity index (χ4v) is 2.17. The van der Waals surface area contributed by atoms with E-state index < -0.39 is 5.54 Å². The Morgan fingerprint density at radius 2 is 2.14 bits per heavy atom. The van der Waals surface area contributed by atoms with E-state index in [0.717, 1.165) is 16.9 Å². The summed E-state index contributed by atoms with van der Waals surface area (Å²) in [5.41, 5.74) is 0.935. The number of nitrogens with zero attached hydrogens (tertiary/aromatic N) is 3. The maximum atomic E-state index is 12.3. The van der Waals surface area contributed by atoms with Crippen LogP contribution in [0.1, 0.15) is 26.6 Å². The van der Waals surface area contributed by atoms with Gasteiger partial charge in [0.2, 0.25) is 5.91 Å². The Bertz CT molecular complexity index is 711. The summed E-state index contributed by atoms with van der Waals surface area (Å²) in [6, 6.07) is 9.89. The summed E-state index contributed by atoms with van der Waals surface area (Å²) in [6.07, 6.45) is 0. The highest BCUT2D eigenvalue weighted by Gasteiger charge is 2.30. The molecule has 1 heterocycles. The number of carbonyl (C=O) groups excluding carboxylic acids is 1. The smallest absolute Gasteiger partial charge is 0.241 e. The highest BCUT2D eigenvalue weighted by Crippen LogP contribution is 2.17. The number of amides is 1. The fourth-order valence-electron chi connectivity index (χ4n) is 2.17. The maximum absolute atomic E-state index is 12.3. The number of imidazole rings is 1. The summed E-state index contributed by atoms with van der Waals surface area (Å²) in [5.74, 6) is 0.639. The minimum atomic E-state index is -0.860. The molecule has 1 atom stereocenters. The van der Waals surface area contributed by atoms with Gasteiger partial charge in [0, 0.05) is 0 Å². The Morgan fingerprint density at radius 1 is 1.48 bits per heavy atom. The lowest BCUT2D eigenvalue weighted by Crippen LogP contribution is -2.49. The van der Waals surface area contributed by atoms with Gasteiger partial charge in [-0.3, -0.25) is 4.79 Å². The number of para-hydroxylation sites is 2. The van der Waals surface area contributed by atoms with E-state index in [9.17, 15) is 10.1 Å². The van der Waals surface area contributed by atoms with Crippen LogP contribution in [0.15, 0.2) is 24.3 Å². The lowest BCUT2D eigenvalue weighted by Gasteiger charge is -2.27. The molecule has 2 aromatic rings. The molecule has 0 saturated carbocycles. The lowest BCUT2D eigenvalue weighted by molar-refractivity contribution is -0.123. The van der Waals surface area contributed by atoms with E-state index in [1.165, 1.54) is 0 Å². The summed E-state index contributed by atoms with van der Waals surface area (Å²) in [6.45, 7) is 7.62. The molecule has 1 aromatic carbocycles. The SMILES string of the molecule is Cc1nc2ccccc2n1CC(=O)N[C@@](C)(C#N)C(C)C. The average Bonchev–Trinajstić information content (AvgIpc) is 2.75. The Labute approximate surface area is 124 Å². The highest BCUT2D eigenvalue weighted by molar-refractivity contribution is 5.81. The molecule has 0 aliphatic carbocycles. The molecule has 0 fully saturated rings. The summed E-state index contributed by atoms with van der Waals surface area (Å²) < 4.78 is 1.86. The molecule has 0 unspecified atom stereocenters. The van der Waals surface area contributed by atoms with Gasteiger partial charge < -0.3 is 9.88 Å². The second-order valence-electron chi connectivity index (χ2n) is 5.75. The molecule has 1 amide bonds. The van der Waals surface area contributed by atoms with Gasteiger partial charge in [-0.1, -0.05) is 26.0 Å². The number of nitriles is 1. The number of fused-ring (bicyclic) bond motifs is 1. The number of aryl methyl sites for hydroxylation is 1. The molecule has 0 radical (unpaired) electrons. The first-order chi connectivity index (χ1) is 9.87. The highest BCUT2D eigenvalue weighted by atomic mass is 16.2. The number of hydrogen-bond donors (Lipinski definition) is 1. The van der Waals surface area contributed by atoms with Crippen LogP contribution in [0.5, 0.6) is 0 Å². The summed E-state index contributed by atoms with van der Waals surface area (Å²) in [5, 5.41) is 12.1. The van der Waals surface area contributed by atoms with Crippen molar-refractivity contribution in [1.82, 2.24) is 14.9 Å². The zero-order valence-electron chi connectivity index (χ0n) is 12.8. The topological polar surface area (TPSA) is 70.7 Å². The molecule has 0 spiro atoms. The summed E-state index contributed by atoms with van der Waals surface area (Å²) in [4.78, 5) is 16.7. The second-order valence-corrected chi connectivity index (χ2v) is 5.75. The number of rotatable bonds is 4. The third kappa shape index (κ3) is 2.89. The number of benzene rings is 1. The van der Waals surface area contributed by atoms with Gasteiger partial charge in [0.15, 0.2) is 0 Å². The van der Waals surface area contributed by atoms with Crippen molar-refractivity contribution in [2.45, 2.75) is 39.8 Å². The van der Waals surface area contributed by atoms with Gasteiger partial charge in [-0.25, -0.2) is 4.98 Å². The molecule has 2 rings (SSSR count). The first-order valence-electron chi connectivity index (χ1n) is 7.01. The van der Waals surface area contributed by atoms with Gasteiger partial charge in [-0.15, -0.1) is 0 Å². The van der Waals surface area contributed by atoms with Crippen molar-refractivity contribution in [2.24, 2.45) is 5.92 Å². The first-order valence-corrected chi connectivity index (χ1v) is 7.01. The maximum Gasteiger partial charge on any atom is 0.241 e. The zero-order chi connectivity index (χ0) is 15.6. The van der Waals surface area contributed by atoms with Crippen LogP contribution < -0.4 is 5.32 Å². The molecule has 0 aliphatic rings. The zero-order valence-corrected chi connectivity index (χ0v) is 12.8. The van der Waals surface area contributed by atoms with Crippen LogP contribution in [0, 0.1) is 24.2 Å². The van der Waals surface area contributed by atoms with E-state index in [-0.39, 0.29) is 18.4 Å². The molecule has 21 heavy (non-hydrogen) atoms. The third-order valence-electron chi connectivity index (χ3n) is 3.93. The van der Waals surface area contributed by atoms with Crippen LogP contribution >= 0.6 is 0 Å². The number of nitrogens with one attached hydrogen (secondary N) is 1. The second kappa shape index (κ2) is 5.57. The van der Waals surface area contributed by atoms with E-state index in [0.29, 0.717) is 0 Å². The largest absolute Gasteiger partial charge is 0.336 e. The van der Waals surface area contributed by atoms with Crippen LogP contribution in [0.2, 0.25) is 0 Å². The van der Waals surface area contributed by atoms with Gasteiger partial charge >= 0.3 is 0 Å². The van der Waals surface area contributed by atoms with E-state index >= 15 is 0 Å². The lowest BCUT2D eigenvalue weighted by atomic mass is 9.90. The van der Waals surface area contributed by atoms with Crippen LogP contribution in [0.25, 0.3) is 11.0 Å². The Hall–Kier alpha value is -2.35. The number of aromatic nitrogens is 2. The Morgan fingerprint density at radius 3 is 2.76 bits per heavy atom. The standard InChI is InChI=1S/C16H20N4O/c1-11(2)16(4,10-17)19-15(21)9-20-12(3)18-13-7-5-6-8-14(13)20/h5-8,11H,9H2,1-4H3,(H,19,21)/t16-/m0/s1. The molecule has 1 aromatic heterocycles. The Balaban J connectivity index is 2.23. The minimum absolute atomic E-state index is 0.0343. The van der Waals surface area contributed by atoms with Crippen molar-refractivity contribution < 1.29 is 4.79 Å². The van der Waals surface area contributed by atoms with Crippen LogP contribution in [0.4, 0.5) is 0 Å². The molecule has 0 aliphatic heterocycles. The van der Waals surface area contributed by atoms with Crippen LogP contribution in [0.3, 0.4) is 0 Å². The predicted molar refractivity (Wildman–Crippen MR) is 81.5 cm³/mol. The minimum Gasteiger partial charge on any atom is -0.336 e. The molecule has 1 N–H and O–H groups in total. The van der Waals surface area contributed by atoms with Gasteiger partial charge in [0.25, 0.3) is 0 Å². The number of carbonyl (C=O) groups is 1. The summed E-state index contributed by atoms with van der Waals surface area (Å²) in [7, 11) is 0. The van der Waals surface area contributed by atoms with Gasteiger partial charge in [-0.2, -0.15) is 5.26 Å². The molecule has 0 saturated heterocycles. The van der Waals surface area contributed by atoms with Crippen molar-refractivity contribution in [2.75, 3.05) is 0 Å².